The van der Waals surface area contributed by atoms with Crippen molar-refractivity contribution in [1.82, 2.24) is 0 Å². The topological polar surface area (TPSA) is 84.5 Å². The highest BCUT2D eigenvalue weighted by Crippen LogP contribution is 2.32. The van der Waals surface area contributed by atoms with Gasteiger partial charge < -0.3 is 19.2 Å². The number of rotatable bonds is 6. The second-order valence-corrected chi connectivity index (χ2v) is 6.34. The van der Waals surface area contributed by atoms with E-state index in [-0.39, 0.29) is 17.1 Å². The van der Waals surface area contributed by atoms with Crippen LogP contribution >= 0.6 is 11.8 Å². The molecule has 0 spiro atoms. The molecular formula is C18H14F2N2O4S. The van der Waals surface area contributed by atoms with Gasteiger partial charge in [0.25, 0.3) is 11.7 Å². The first-order valence-corrected chi connectivity index (χ1v) is 8.91. The number of halogens is 2. The summed E-state index contributed by atoms with van der Waals surface area (Å²) in [4.78, 5) is 12.3. The molecule has 0 atom stereocenters. The van der Waals surface area contributed by atoms with Gasteiger partial charge in [0.2, 0.25) is 0 Å². The van der Waals surface area contributed by atoms with E-state index in [2.05, 4.69) is 5.32 Å². The van der Waals surface area contributed by atoms with Gasteiger partial charge in [-0.25, -0.2) is 0 Å². The van der Waals surface area contributed by atoms with Crippen molar-refractivity contribution in [3.8, 4) is 17.6 Å². The summed E-state index contributed by atoms with van der Waals surface area (Å²) in [6.45, 7) is 0.874. The maximum atomic E-state index is 12.3. The molecule has 0 unspecified atom stereocenters. The van der Waals surface area contributed by atoms with Crippen molar-refractivity contribution in [2.45, 2.75) is 11.5 Å². The Labute approximate surface area is 157 Å². The minimum absolute atomic E-state index is 0.00319. The third-order valence-corrected chi connectivity index (χ3v) is 4.19. The number of nitrogens with one attached hydrogen (secondary N) is 1. The molecule has 0 saturated carbocycles. The molecule has 1 N–H and O–H groups in total. The molecule has 1 amide bonds. The van der Waals surface area contributed by atoms with E-state index >= 15 is 0 Å². The predicted molar refractivity (Wildman–Crippen MR) is 95.7 cm³/mol. The van der Waals surface area contributed by atoms with Crippen molar-refractivity contribution in [3.63, 3.8) is 0 Å². The van der Waals surface area contributed by atoms with Gasteiger partial charge in [0.1, 0.15) is 36.4 Å². The van der Waals surface area contributed by atoms with E-state index < -0.39 is 11.7 Å². The number of amides is 1. The number of furan rings is 1. The summed E-state index contributed by atoms with van der Waals surface area (Å²) in [5.41, 5.74) is 0.256. The number of alkyl halides is 2. The molecular weight excluding hydrogens is 378 g/mol. The zero-order valence-electron chi connectivity index (χ0n) is 13.9. The van der Waals surface area contributed by atoms with Crippen LogP contribution in [0.3, 0.4) is 0 Å². The molecule has 0 bridgehead atoms. The van der Waals surface area contributed by atoms with Gasteiger partial charge in [-0.05, 0) is 24.3 Å². The van der Waals surface area contributed by atoms with Crippen LogP contribution < -0.4 is 14.8 Å². The van der Waals surface area contributed by atoms with Crippen molar-refractivity contribution < 1.29 is 27.5 Å². The second-order valence-electron chi connectivity index (χ2n) is 5.36. The Morgan fingerprint density at radius 3 is 2.78 bits per heavy atom. The number of carbonyl (C=O) groups is 1. The minimum Gasteiger partial charge on any atom is -0.486 e. The molecule has 1 aliphatic rings. The summed E-state index contributed by atoms with van der Waals surface area (Å²) < 4.78 is 40.6. The fourth-order valence-corrected chi connectivity index (χ4v) is 2.75. The van der Waals surface area contributed by atoms with E-state index in [1.165, 1.54) is 18.2 Å². The lowest BCUT2D eigenvalue weighted by Gasteiger charge is -2.18. The monoisotopic (exact) mass is 392 g/mol. The summed E-state index contributed by atoms with van der Waals surface area (Å²) in [5.74, 6) is -1.48. The zero-order chi connectivity index (χ0) is 19.2. The number of nitrogens with zero attached hydrogens (tertiary/aromatic N) is 1. The smallest absolute Gasteiger partial charge is 0.284 e. The number of anilines is 1. The molecule has 27 heavy (non-hydrogen) atoms. The number of nitriles is 1. The Morgan fingerprint density at radius 2 is 2.04 bits per heavy atom. The molecule has 9 heteroatoms. The molecule has 6 nitrogen and oxygen atoms in total. The Hall–Kier alpha value is -2.99. The maximum Gasteiger partial charge on any atom is 0.284 e. The van der Waals surface area contributed by atoms with E-state index in [1.54, 1.807) is 24.3 Å². The van der Waals surface area contributed by atoms with Crippen LogP contribution in [-0.4, -0.2) is 24.9 Å². The summed E-state index contributed by atoms with van der Waals surface area (Å²) in [7, 11) is 0. The molecule has 0 saturated heterocycles. The van der Waals surface area contributed by atoms with Crippen molar-refractivity contribution in [3.05, 3.63) is 47.4 Å². The highest BCUT2D eigenvalue weighted by atomic mass is 32.2. The minimum atomic E-state index is -2.50. The number of ether oxygens (including phenoxy) is 2. The van der Waals surface area contributed by atoms with Crippen molar-refractivity contribution >= 4 is 29.4 Å². The molecule has 0 fully saturated rings. The molecule has 1 aromatic carbocycles. The van der Waals surface area contributed by atoms with E-state index in [9.17, 15) is 18.8 Å². The van der Waals surface area contributed by atoms with Crippen LogP contribution in [0.4, 0.5) is 14.5 Å². The largest absolute Gasteiger partial charge is 0.486 e. The average Bonchev–Trinajstić information content (AvgIpc) is 3.12. The SMILES string of the molecule is N#C/C(=C\c1ccc(CSC(F)F)o1)C(=O)Nc1ccc2c(c1)OCCO2. The number of thioether (sulfide) groups is 1. The van der Waals surface area contributed by atoms with Gasteiger partial charge in [0.05, 0.1) is 5.75 Å². The summed E-state index contributed by atoms with van der Waals surface area (Å²) in [5, 5.41) is 11.8. The molecule has 2 heterocycles. The van der Waals surface area contributed by atoms with E-state index in [0.717, 1.165) is 0 Å². The number of hydrogen-bond donors (Lipinski definition) is 1. The zero-order valence-corrected chi connectivity index (χ0v) is 14.7. The van der Waals surface area contributed by atoms with Crippen LogP contribution in [-0.2, 0) is 10.5 Å². The van der Waals surface area contributed by atoms with E-state index in [4.69, 9.17) is 13.9 Å². The van der Waals surface area contributed by atoms with Crippen LogP contribution in [0.15, 0.2) is 40.3 Å². The predicted octanol–water partition coefficient (Wildman–Crippen LogP) is 4.05. The standard InChI is InChI=1S/C18H14F2N2O4S/c19-18(20)27-10-14-3-2-13(26-14)7-11(9-21)17(23)22-12-1-4-15-16(8-12)25-6-5-24-15/h1-4,7-8,18H,5-6,10H2,(H,22,23)/b11-7+. The highest BCUT2D eigenvalue weighted by molar-refractivity contribution is 7.98. The quantitative estimate of drug-likeness (QED) is 0.590. The number of carbonyl (C=O) groups excluding carboxylic acids is 1. The Bertz CT molecular complexity index is 905. The van der Waals surface area contributed by atoms with Gasteiger partial charge in [-0.1, -0.05) is 11.8 Å². The molecule has 140 valence electrons. The van der Waals surface area contributed by atoms with Crippen LogP contribution in [0.1, 0.15) is 11.5 Å². The first-order valence-electron chi connectivity index (χ1n) is 7.86. The van der Waals surface area contributed by atoms with Gasteiger partial charge >= 0.3 is 0 Å². The number of hydrogen-bond acceptors (Lipinski definition) is 6. The van der Waals surface area contributed by atoms with E-state index in [1.807, 2.05) is 0 Å². The van der Waals surface area contributed by atoms with Crippen molar-refractivity contribution in [2.24, 2.45) is 0 Å². The number of benzene rings is 1. The lowest BCUT2D eigenvalue weighted by molar-refractivity contribution is -0.112. The fraction of sp³-hybridized carbons (Fsp3) is 0.222. The van der Waals surface area contributed by atoms with Gasteiger partial charge in [-0.3, -0.25) is 4.79 Å². The molecule has 3 rings (SSSR count). The van der Waals surface area contributed by atoms with Gasteiger partial charge in [-0.15, -0.1) is 0 Å². The Balaban J connectivity index is 1.69. The van der Waals surface area contributed by atoms with Crippen LogP contribution in [0, 0.1) is 11.3 Å². The van der Waals surface area contributed by atoms with Gasteiger partial charge in [0.15, 0.2) is 11.5 Å². The summed E-state index contributed by atoms with van der Waals surface area (Å²) >= 11 is 0.427. The molecule has 0 aliphatic carbocycles. The summed E-state index contributed by atoms with van der Waals surface area (Å²) in [6, 6.07) is 9.74. The van der Waals surface area contributed by atoms with Crippen LogP contribution in [0.5, 0.6) is 11.5 Å². The molecule has 0 radical (unpaired) electrons. The summed E-state index contributed by atoms with van der Waals surface area (Å²) in [6.07, 6.45) is 1.25. The average molecular weight is 392 g/mol. The van der Waals surface area contributed by atoms with E-state index in [0.29, 0.717) is 47.9 Å². The lowest BCUT2D eigenvalue weighted by atomic mass is 10.2. The third kappa shape index (κ3) is 5.01. The van der Waals surface area contributed by atoms with Crippen LogP contribution in [0.2, 0.25) is 0 Å². The molecule has 2 aromatic rings. The normalized spacial score (nSPS) is 13.3. The first kappa shape index (κ1) is 18.8. The number of fused-ring (bicyclic) bond motifs is 1. The Kier molecular flexibility index (Phi) is 5.98. The lowest BCUT2D eigenvalue weighted by Crippen LogP contribution is -2.17. The fourth-order valence-electron chi connectivity index (χ4n) is 2.31. The maximum absolute atomic E-state index is 12.3. The Morgan fingerprint density at radius 1 is 1.26 bits per heavy atom. The second kappa shape index (κ2) is 8.60. The third-order valence-electron chi connectivity index (χ3n) is 3.49. The van der Waals surface area contributed by atoms with Crippen LogP contribution in [0.25, 0.3) is 6.08 Å². The highest BCUT2D eigenvalue weighted by Gasteiger charge is 2.15. The first-order chi connectivity index (χ1) is 13.0. The van der Waals surface area contributed by atoms with Crippen molar-refractivity contribution in [2.75, 3.05) is 18.5 Å². The molecule has 1 aliphatic heterocycles. The van der Waals surface area contributed by atoms with Gasteiger partial charge in [0, 0.05) is 17.8 Å². The van der Waals surface area contributed by atoms with Gasteiger partial charge in [-0.2, -0.15) is 14.0 Å². The molecule has 1 aromatic heterocycles. The van der Waals surface area contributed by atoms with Crippen molar-refractivity contribution in [1.29, 1.82) is 5.26 Å².